The van der Waals surface area contributed by atoms with Crippen LogP contribution in [0.1, 0.15) is 12.5 Å². The van der Waals surface area contributed by atoms with E-state index in [1.54, 1.807) is 6.92 Å². The highest BCUT2D eigenvalue weighted by Crippen LogP contribution is 2.25. The molecule has 1 heterocycles. The van der Waals surface area contributed by atoms with Crippen molar-refractivity contribution in [1.29, 1.82) is 0 Å². The molecule has 3 rings (SSSR count). The van der Waals surface area contributed by atoms with Gasteiger partial charge in [0, 0.05) is 5.69 Å². The third-order valence-corrected chi connectivity index (χ3v) is 4.60. The Morgan fingerprint density at radius 1 is 1.23 bits per heavy atom. The Labute approximate surface area is 153 Å². The molecule has 0 radical (unpaired) electrons. The summed E-state index contributed by atoms with van der Waals surface area (Å²) in [5.74, 6) is -0.174. The van der Waals surface area contributed by atoms with Gasteiger partial charge in [0.05, 0.1) is 16.3 Å². The molecular formula is C18H17F2N3O2S. The number of thioether (sulfide) groups is 1. The van der Waals surface area contributed by atoms with E-state index in [1.807, 2.05) is 25.1 Å². The zero-order chi connectivity index (χ0) is 18.7. The van der Waals surface area contributed by atoms with Crippen LogP contribution in [0.2, 0.25) is 0 Å². The SMILES string of the molecule is Cc1ccc2nc(SC(C)C(=O)Nc3ccc(OC(F)F)cc3)[nH]c2c1. The second-order valence-electron chi connectivity index (χ2n) is 5.71. The van der Waals surface area contributed by atoms with E-state index in [0.717, 1.165) is 16.6 Å². The van der Waals surface area contributed by atoms with Gasteiger partial charge in [-0.3, -0.25) is 4.79 Å². The molecule has 0 spiro atoms. The molecule has 0 aliphatic rings. The van der Waals surface area contributed by atoms with Crippen molar-refractivity contribution in [3.05, 3.63) is 48.0 Å². The van der Waals surface area contributed by atoms with E-state index in [9.17, 15) is 13.6 Å². The van der Waals surface area contributed by atoms with Crippen LogP contribution in [-0.4, -0.2) is 27.7 Å². The van der Waals surface area contributed by atoms with Gasteiger partial charge < -0.3 is 15.0 Å². The highest BCUT2D eigenvalue weighted by Gasteiger charge is 2.17. The number of alkyl halides is 2. The number of nitrogens with zero attached hydrogens (tertiary/aromatic N) is 1. The number of carbonyl (C=O) groups is 1. The number of amides is 1. The zero-order valence-electron chi connectivity index (χ0n) is 14.1. The van der Waals surface area contributed by atoms with Crippen LogP contribution in [0.15, 0.2) is 47.6 Å². The quantitative estimate of drug-likeness (QED) is 0.617. The average Bonchev–Trinajstić information content (AvgIpc) is 2.97. The Morgan fingerprint density at radius 2 is 1.96 bits per heavy atom. The van der Waals surface area contributed by atoms with E-state index in [2.05, 4.69) is 20.0 Å². The van der Waals surface area contributed by atoms with Crippen molar-refractivity contribution >= 4 is 34.4 Å². The minimum Gasteiger partial charge on any atom is -0.435 e. The summed E-state index contributed by atoms with van der Waals surface area (Å²) in [7, 11) is 0. The van der Waals surface area contributed by atoms with Crippen molar-refractivity contribution in [3.63, 3.8) is 0 Å². The largest absolute Gasteiger partial charge is 0.435 e. The average molecular weight is 377 g/mol. The number of halogens is 2. The summed E-state index contributed by atoms with van der Waals surface area (Å²) >= 11 is 1.31. The number of nitrogens with one attached hydrogen (secondary N) is 2. The number of aromatic nitrogens is 2. The molecule has 1 aromatic heterocycles. The lowest BCUT2D eigenvalue weighted by Crippen LogP contribution is -2.22. The van der Waals surface area contributed by atoms with Crippen molar-refractivity contribution in [2.75, 3.05) is 5.32 Å². The normalized spacial score (nSPS) is 12.3. The van der Waals surface area contributed by atoms with E-state index >= 15 is 0 Å². The van der Waals surface area contributed by atoms with Crippen LogP contribution in [0.3, 0.4) is 0 Å². The second kappa shape index (κ2) is 7.74. The van der Waals surface area contributed by atoms with Crippen molar-refractivity contribution in [2.45, 2.75) is 30.9 Å². The lowest BCUT2D eigenvalue weighted by Gasteiger charge is -2.11. The third-order valence-electron chi connectivity index (χ3n) is 3.62. The number of rotatable bonds is 6. The number of imidazole rings is 1. The van der Waals surface area contributed by atoms with Gasteiger partial charge in [0.25, 0.3) is 0 Å². The minimum atomic E-state index is -2.88. The molecule has 1 amide bonds. The summed E-state index contributed by atoms with van der Waals surface area (Å²) in [6.07, 6.45) is 0. The predicted molar refractivity (Wildman–Crippen MR) is 97.9 cm³/mol. The number of carbonyl (C=O) groups excluding carboxylic acids is 1. The number of aromatic amines is 1. The number of fused-ring (bicyclic) bond motifs is 1. The van der Waals surface area contributed by atoms with Gasteiger partial charge in [-0.2, -0.15) is 8.78 Å². The molecule has 1 atom stereocenters. The van der Waals surface area contributed by atoms with Crippen LogP contribution < -0.4 is 10.1 Å². The highest BCUT2D eigenvalue weighted by atomic mass is 32.2. The number of H-pyrrole nitrogens is 1. The molecule has 5 nitrogen and oxygen atoms in total. The monoisotopic (exact) mass is 377 g/mol. The molecule has 3 aromatic rings. The standard InChI is InChI=1S/C18H17F2N3O2S/c1-10-3-8-14-15(9-10)23-18(22-14)26-11(2)16(24)21-12-4-6-13(7-5-12)25-17(19)20/h3-9,11,17H,1-2H3,(H,21,24)(H,22,23). The maximum atomic E-state index is 12.3. The first-order chi connectivity index (χ1) is 12.4. The molecule has 0 bridgehead atoms. The maximum absolute atomic E-state index is 12.3. The molecule has 26 heavy (non-hydrogen) atoms. The first kappa shape index (κ1) is 18.2. The molecule has 0 aliphatic heterocycles. The molecular weight excluding hydrogens is 360 g/mol. The summed E-state index contributed by atoms with van der Waals surface area (Å²) in [4.78, 5) is 20.0. The van der Waals surface area contributed by atoms with E-state index in [1.165, 1.54) is 36.0 Å². The molecule has 0 saturated carbocycles. The first-order valence-corrected chi connectivity index (χ1v) is 8.77. The third kappa shape index (κ3) is 4.51. The van der Waals surface area contributed by atoms with E-state index < -0.39 is 11.9 Å². The fraction of sp³-hybridized carbons (Fsp3) is 0.222. The van der Waals surface area contributed by atoms with Gasteiger partial charge in [-0.15, -0.1) is 0 Å². The summed E-state index contributed by atoms with van der Waals surface area (Å²) in [6, 6.07) is 11.7. The van der Waals surface area contributed by atoms with E-state index in [-0.39, 0.29) is 11.7 Å². The zero-order valence-corrected chi connectivity index (χ0v) is 14.9. The Bertz CT molecular complexity index is 912. The lowest BCUT2D eigenvalue weighted by molar-refractivity contribution is -0.115. The Morgan fingerprint density at radius 3 is 2.65 bits per heavy atom. The minimum absolute atomic E-state index is 0.0398. The van der Waals surface area contributed by atoms with Gasteiger partial charge in [-0.25, -0.2) is 4.98 Å². The Hall–Kier alpha value is -2.61. The van der Waals surface area contributed by atoms with Crippen LogP contribution in [0.4, 0.5) is 14.5 Å². The predicted octanol–water partition coefficient (Wildman–Crippen LogP) is 4.59. The fourth-order valence-corrected chi connectivity index (χ4v) is 3.16. The lowest BCUT2D eigenvalue weighted by atomic mass is 10.2. The molecule has 0 fully saturated rings. The number of anilines is 1. The van der Waals surface area contributed by atoms with Gasteiger partial charge in [0.2, 0.25) is 5.91 Å². The summed E-state index contributed by atoms with van der Waals surface area (Å²) in [5, 5.41) is 3.01. The summed E-state index contributed by atoms with van der Waals surface area (Å²) in [6.45, 7) is 0.896. The molecule has 0 saturated heterocycles. The van der Waals surface area contributed by atoms with Crippen LogP contribution in [-0.2, 0) is 4.79 Å². The molecule has 0 aliphatic carbocycles. The van der Waals surface area contributed by atoms with Crippen molar-refractivity contribution in [2.24, 2.45) is 0 Å². The second-order valence-corrected chi connectivity index (χ2v) is 7.04. The van der Waals surface area contributed by atoms with E-state index in [4.69, 9.17) is 0 Å². The van der Waals surface area contributed by atoms with Crippen molar-refractivity contribution in [1.82, 2.24) is 9.97 Å². The number of ether oxygens (including phenoxy) is 1. The Kier molecular flexibility index (Phi) is 5.41. The maximum Gasteiger partial charge on any atom is 0.387 e. The van der Waals surface area contributed by atoms with Crippen LogP contribution in [0, 0.1) is 6.92 Å². The number of benzene rings is 2. The molecule has 2 N–H and O–H groups in total. The van der Waals surface area contributed by atoms with E-state index in [0.29, 0.717) is 10.8 Å². The molecule has 8 heteroatoms. The fourth-order valence-electron chi connectivity index (χ4n) is 2.34. The molecule has 2 aromatic carbocycles. The van der Waals surface area contributed by atoms with Crippen molar-refractivity contribution < 1.29 is 18.3 Å². The Balaban J connectivity index is 1.61. The van der Waals surface area contributed by atoms with Gasteiger partial charge in [0.1, 0.15) is 5.75 Å². The summed E-state index contributed by atoms with van der Waals surface area (Å²) < 4.78 is 28.6. The van der Waals surface area contributed by atoms with Gasteiger partial charge in [0.15, 0.2) is 5.16 Å². The van der Waals surface area contributed by atoms with Crippen LogP contribution in [0.25, 0.3) is 11.0 Å². The summed E-state index contributed by atoms with van der Waals surface area (Å²) in [5.41, 5.74) is 3.40. The topological polar surface area (TPSA) is 67.0 Å². The van der Waals surface area contributed by atoms with Gasteiger partial charge in [-0.1, -0.05) is 17.8 Å². The first-order valence-electron chi connectivity index (χ1n) is 7.89. The number of aryl methyl sites for hydroxylation is 1. The van der Waals surface area contributed by atoms with Crippen LogP contribution >= 0.6 is 11.8 Å². The number of hydrogen-bond donors (Lipinski definition) is 2. The number of hydrogen-bond acceptors (Lipinski definition) is 4. The van der Waals surface area contributed by atoms with Gasteiger partial charge in [-0.05, 0) is 55.8 Å². The van der Waals surface area contributed by atoms with Gasteiger partial charge >= 0.3 is 6.61 Å². The smallest absolute Gasteiger partial charge is 0.387 e. The highest BCUT2D eigenvalue weighted by molar-refractivity contribution is 8.00. The van der Waals surface area contributed by atoms with Crippen LogP contribution in [0.5, 0.6) is 5.75 Å². The molecule has 136 valence electrons. The van der Waals surface area contributed by atoms with Crippen molar-refractivity contribution in [3.8, 4) is 5.75 Å². The molecule has 1 unspecified atom stereocenters.